The van der Waals surface area contributed by atoms with Crippen LogP contribution in [0.3, 0.4) is 0 Å². The number of nitrogen functional groups attached to an aromatic ring is 1. The summed E-state index contributed by atoms with van der Waals surface area (Å²) in [6, 6.07) is 29.2. The maximum Gasteiger partial charge on any atom is 0.534 e. The highest BCUT2D eigenvalue weighted by Gasteiger charge is 2.48. The van der Waals surface area contributed by atoms with Gasteiger partial charge in [0.15, 0.2) is 0 Å². The van der Waals surface area contributed by atoms with E-state index < -0.39 is 37.8 Å². The Morgan fingerprint density at radius 2 is 1.20 bits per heavy atom. The first-order valence-electron chi connectivity index (χ1n) is 31.5. The summed E-state index contributed by atoms with van der Waals surface area (Å²) < 4.78 is 67.2. The lowest BCUT2D eigenvalue weighted by Crippen LogP contribution is -2.54. The van der Waals surface area contributed by atoms with Crippen LogP contribution in [-0.4, -0.2) is 80.7 Å². The van der Waals surface area contributed by atoms with Crippen molar-refractivity contribution in [3.05, 3.63) is 156 Å². The van der Waals surface area contributed by atoms with Gasteiger partial charge in [0.05, 0.1) is 11.6 Å². The lowest BCUT2D eigenvalue weighted by molar-refractivity contribution is -0.117. The van der Waals surface area contributed by atoms with Gasteiger partial charge in [0.2, 0.25) is 17.7 Å². The van der Waals surface area contributed by atoms with Crippen molar-refractivity contribution in [3.63, 3.8) is 0 Å². The number of aromatic hydroxyl groups is 1. The highest BCUT2D eigenvalue weighted by Crippen LogP contribution is 2.40. The molecule has 0 radical (unpaired) electrons. The fourth-order valence-electron chi connectivity index (χ4n) is 12.0. The molecular formula is C68H83ClF3N11O11S. The molecule has 1 saturated carbocycles. The average Bonchev–Trinajstić information content (AvgIpc) is 0.752. The average molecular weight is 1350 g/mol. The van der Waals surface area contributed by atoms with Gasteiger partial charge < -0.3 is 68.0 Å². The van der Waals surface area contributed by atoms with Gasteiger partial charge in [-0.3, -0.25) is 24.0 Å². The number of hydrogen-bond acceptors (Lipinski definition) is 18. The molecule has 0 spiro atoms. The van der Waals surface area contributed by atoms with Crippen molar-refractivity contribution in [1.82, 2.24) is 5.32 Å². The lowest BCUT2D eigenvalue weighted by Gasteiger charge is -2.47. The maximum atomic E-state index is 12.1. The Balaban J connectivity index is 0.000000162. The maximum absolute atomic E-state index is 12.1. The Kier molecular flexibility index (Phi) is 25.5. The molecule has 95 heavy (non-hydrogen) atoms. The van der Waals surface area contributed by atoms with Crippen molar-refractivity contribution in [3.8, 4) is 17.6 Å². The van der Waals surface area contributed by atoms with E-state index in [4.69, 9.17) is 32.3 Å². The summed E-state index contributed by atoms with van der Waals surface area (Å²) in [6.45, 7) is 10.4. The van der Waals surface area contributed by atoms with Gasteiger partial charge in [0.25, 0.3) is 10.9 Å². The molecule has 1 saturated heterocycles. The van der Waals surface area contributed by atoms with E-state index in [-0.39, 0.29) is 59.8 Å². The van der Waals surface area contributed by atoms with Crippen molar-refractivity contribution >= 4 is 86.2 Å². The van der Waals surface area contributed by atoms with E-state index >= 15 is 0 Å². The monoisotopic (exact) mass is 1350 g/mol. The summed E-state index contributed by atoms with van der Waals surface area (Å²) in [4.78, 5) is 69.8. The topological polar surface area (TPSA) is 353 Å². The molecule has 6 aromatic carbocycles. The molecule has 6 aliphatic heterocycles. The summed E-state index contributed by atoms with van der Waals surface area (Å²) >= 11 is 0. The van der Waals surface area contributed by atoms with E-state index in [2.05, 4.69) is 77.4 Å². The van der Waals surface area contributed by atoms with E-state index in [9.17, 15) is 50.4 Å². The van der Waals surface area contributed by atoms with Crippen molar-refractivity contribution in [2.24, 2.45) is 23.3 Å². The van der Waals surface area contributed by atoms with Crippen molar-refractivity contribution in [2.75, 3.05) is 63.4 Å². The summed E-state index contributed by atoms with van der Waals surface area (Å²) in [7, 11) is -5.70. The molecule has 4 amide bonds. The van der Waals surface area contributed by atoms with Crippen molar-refractivity contribution < 1.29 is 54.8 Å². The smallest absolute Gasteiger partial charge is 0.508 e. The number of aryl methyl sites for hydroxylation is 5. The van der Waals surface area contributed by atoms with Gasteiger partial charge in [-0.1, -0.05) is 42.5 Å². The third-order valence-electron chi connectivity index (χ3n) is 16.9. The molecule has 3 atom stereocenters. The Hall–Kier alpha value is -8.90. The van der Waals surface area contributed by atoms with Crippen LogP contribution in [0.15, 0.2) is 101 Å². The van der Waals surface area contributed by atoms with E-state index in [1.165, 1.54) is 72.7 Å². The number of anilines is 7. The number of nitrogens with one attached hydrogen (secondary N) is 6. The highest BCUT2D eigenvalue weighted by atomic mass is 35.5. The number of phenolic OH excluding ortho intramolecular Hbond substituents is 1. The Morgan fingerprint density at radius 3 is 1.75 bits per heavy atom. The SMILES string of the molecule is CC(C)(C)OC(=O)NCc1ccc2c(c1)NCCC2.Cl.N#Cc1ccc2c(c1)NC(=O)CC2.NCC1CCC2CCCN(c3c(N)c(=O)c3=O)C2C1.NCc1ccc2c(c1)NCCC2.O=C1CCc2ccc(O)cc2N1.O=C1CCc2ccc(OS(=O)(=O)C(F)(F)F)cc2N1. The van der Waals surface area contributed by atoms with Gasteiger partial charge in [0.1, 0.15) is 28.5 Å². The van der Waals surface area contributed by atoms with E-state index in [0.29, 0.717) is 73.6 Å². The fraction of sp³-hybridized carbons (Fsp3) is 0.426. The van der Waals surface area contributed by atoms with Crippen LogP contribution in [-0.2, 0) is 74.4 Å². The minimum Gasteiger partial charge on any atom is -0.508 e. The number of hydrogen-bond donors (Lipinski definition) is 10. The summed E-state index contributed by atoms with van der Waals surface area (Å²) in [5.41, 5.74) is 23.7. The molecule has 13 rings (SSSR count). The number of amides is 4. The van der Waals surface area contributed by atoms with Crippen LogP contribution in [0, 0.1) is 23.2 Å². The van der Waals surface area contributed by atoms with Gasteiger partial charge in [-0.05, 0) is 192 Å². The number of nitrogens with two attached hydrogens (primary N) is 3. The molecule has 6 aromatic rings. The number of nitriles is 1. The third kappa shape index (κ3) is 20.3. The molecule has 6 heterocycles. The number of rotatable bonds is 7. The summed E-state index contributed by atoms with van der Waals surface area (Å²) in [6.07, 6.45) is 13.4. The molecule has 1 aliphatic carbocycles. The zero-order chi connectivity index (χ0) is 67.9. The first-order chi connectivity index (χ1) is 44.7. The number of halogens is 4. The van der Waals surface area contributed by atoms with Crippen LogP contribution in [0.1, 0.15) is 129 Å². The summed E-state index contributed by atoms with van der Waals surface area (Å²) in [5, 5.41) is 35.2. The molecule has 0 aromatic heterocycles. The Labute approximate surface area is 556 Å². The number of ether oxygens (including phenoxy) is 1. The predicted molar refractivity (Wildman–Crippen MR) is 363 cm³/mol. The summed E-state index contributed by atoms with van der Waals surface area (Å²) in [5.74, 6) is 0.614. The number of carbonyl (C=O) groups excluding carboxylic acids is 4. The number of carbonyl (C=O) groups is 4. The minimum atomic E-state index is -5.70. The van der Waals surface area contributed by atoms with Crippen LogP contribution in [0.5, 0.6) is 11.5 Å². The molecule has 3 unspecified atom stereocenters. The van der Waals surface area contributed by atoms with Crippen LogP contribution in [0.25, 0.3) is 0 Å². The van der Waals surface area contributed by atoms with Crippen LogP contribution in [0.2, 0.25) is 0 Å². The Morgan fingerprint density at radius 1 is 0.674 bits per heavy atom. The number of alkyl halides is 3. The lowest BCUT2D eigenvalue weighted by atomic mass is 9.73. The van der Waals surface area contributed by atoms with Crippen LogP contribution >= 0.6 is 12.4 Å². The standard InChI is InChI=1S/C15H22N2O2.C14H21N3O2.C10H8F3NO4S.C10H8N2O.C10H14N2.C9H9NO2.ClH/c1-15(2,3)19-14(18)17-10-11-6-7-12-5-4-8-16-13(12)9-11;15-7-8-3-4-9-2-1-5-17(10(9)6-8)12-11(16)13(18)14(12)19;11-10(12,13)19(16,17)18-7-3-1-6-2-4-9(15)14-8(6)5-7;11-6-7-1-2-8-3-4-10(13)12-9(8)5-7;11-7-8-3-4-9-2-1-5-12-10(9)6-8;11-7-3-1-6-2-4-9(12)10-8(6)5-7;/h6-7,9,16H,4-5,8,10H2,1-3H3,(H,17,18);8-10H,1-7,15-16H2;1,3,5H,2,4H2,(H,14,15);1-2,5H,3-4H2,(H,12,13);3-4,6,12H,1-2,5,7,11H2;1,3,5,11H,2,4H2,(H,10,12);1H. The molecule has 13 N–H and O–H groups in total. The first-order valence-corrected chi connectivity index (χ1v) is 32.9. The van der Waals surface area contributed by atoms with Crippen molar-refractivity contribution in [2.45, 2.75) is 147 Å². The molecule has 7 aliphatic rings. The largest absolute Gasteiger partial charge is 0.534 e. The quantitative estimate of drug-likeness (QED) is 0.0404. The second-order valence-electron chi connectivity index (χ2n) is 24.9. The fourth-order valence-corrected chi connectivity index (χ4v) is 12.4. The Bertz CT molecular complexity index is 3960. The third-order valence-corrected chi connectivity index (χ3v) is 17.8. The zero-order valence-electron chi connectivity index (χ0n) is 53.3. The second-order valence-corrected chi connectivity index (χ2v) is 26.4. The number of alkyl carbamates (subject to hydrolysis) is 1. The number of fused-ring (bicyclic) bond motifs is 6. The molecule has 27 heteroatoms. The van der Waals surface area contributed by atoms with Crippen LogP contribution < -0.4 is 69.0 Å². The molecular weight excluding hydrogens is 1270 g/mol. The highest BCUT2D eigenvalue weighted by molar-refractivity contribution is 7.88. The number of piperidine rings is 1. The normalized spacial score (nSPS) is 18.0. The van der Waals surface area contributed by atoms with Gasteiger partial charge in [-0.25, -0.2) is 4.79 Å². The van der Waals surface area contributed by atoms with Crippen molar-refractivity contribution in [1.29, 1.82) is 5.26 Å². The molecule has 22 nitrogen and oxygen atoms in total. The van der Waals surface area contributed by atoms with Crippen LogP contribution in [0.4, 0.5) is 57.8 Å². The zero-order valence-corrected chi connectivity index (χ0v) is 55.0. The predicted octanol–water partition coefficient (Wildman–Crippen LogP) is 9.72. The van der Waals surface area contributed by atoms with Gasteiger partial charge in [-0.15, -0.1) is 12.4 Å². The number of benzene rings is 5. The molecule has 0 bridgehead atoms. The number of phenols is 1. The second kappa shape index (κ2) is 33.0. The van der Waals surface area contributed by atoms with Gasteiger partial charge in [-0.2, -0.15) is 26.9 Å². The molecule has 510 valence electrons. The van der Waals surface area contributed by atoms with E-state index in [0.717, 1.165) is 91.9 Å². The van der Waals surface area contributed by atoms with Gasteiger partial charge >= 0.3 is 21.7 Å². The first kappa shape index (κ1) is 73.5. The van der Waals surface area contributed by atoms with Gasteiger partial charge in [0, 0.05) is 98.6 Å². The van der Waals surface area contributed by atoms with E-state index in [1.807, 2.05) is 39.0 Å². The van der Waals surface area contributed by atoms with E-state index in [1.54, 1.807) is 24.3 Å². The number of nitrogens with zero attached hydrogens (tertiary/aromatic N) is 2. The molecule has 2 fully saturated rings. The minimum absolute atomic E-state index is 0.